The van der Waals surface area contributed by atoms with Gasteiger partial charge in [-0.3, -0.25) is 4.79 Å². The summed E-state index contributed by atoms with van der Waals surface area (Å²) >= 11 is 9.21. The molecular formula is C10H6BrClN2O. The minimum atomic E-state index is -0.219. The van der Waals surface area contributed by atoms with Gasteiger partial charge in [-0.2, -0.15) is 5.10 Å². The third-order valence-electron chi connectivity index (χ3n) is 1.89. The first-order valence-corrected chi connectivity index (χ1v) is 5.35. The van der Waals surface area contributed by atoms with Crippen LogP contribution in [0.3, 0.4) is 0 Å². The van der Waals surface area contributed by atoms with E-state index in [1.165, 1.54) is 6.07 Å². The lowest BCUT2D eigenvalue weighted by molar-refractivity contribution is 0.995. The molecule has 5 heteroatoms. The maximum Gasteiger partial charge on any atom is 0.264 e. The van der Waals surface area contributed by atoms with Crippen LogP contribution in [0.5, 0.6) is 0 Å². The molecule has 15 heavy (non-hydrogen) atoms. The van der Waals surface area contributed by atoms with E-state index in [2.05, 4.69) is 26.1 Å². The Balaban J connectivity index is 2.54. The number of hydrogen-bond donors (Lipinski definition) is 1. The summed E-state index contributed by atoms with van der Waals surface area (Å²) in [6.45, 7) is 0. The Bertz CT molecular complexity index is 533. The van der Waals surface area contributed by atoms with Gasteiger partial charge in [0, 0.05) is 21.1 Å². The molecule has 2 aromatic rings. The lowest BCUT2D eigenvalue weighted by Crippen LogP contribution is -2.05. The number of hydrogen-bond acceptors (Lipinski definition) is 2. The molecule has 1 N–H and O–H groups in total. The van der Waals surface area contributed by atoms with Crippen LogP contribution < -0.4 is 5.56 Å². The number of halogens is 2. The Hall–Kier alpha value is -1.13. The Morgan fingerprint density at radius 1 is 1.27 bits per heavy atom. The second-order valence-corrected chi connectivity index (χ2v) is 4.22. The Morgan fingerprint density at radius 3 is 2.67 bits per heavy atom. The van der Waals surface area contributed by atoms with Gasteiger partial charge in [0.1, 0.15) is 0 Å². The third kappa shape index (κ3) is 2.27. The van der Waals surface area contributed by atoms with Crippen LogP contribution >= 0.6 is 27.5 Å². The summed E-state index contributed by atoms with van der Waals surface area (Å²) in [5.74, 6) is 0. The van der Waals surface area contributed by atoms with Crippen LogP contribution in [-0.2, 0) is 0 Å². The number of benzene rings is 1. The van der Waals surface area contributed by atoms with Crippen molar-refractivity contribution in [3.8, 4) is 11.3 Å². The molecule has 3 nitrogen and oxygen atoms in total. The van der Waals surface area contributed by atoms with Gasteiger partial charge in [0.05, 0.1) is 5.69 Å². The molecule has 0 radical (unpaired) electrons. The highest BCUT2D eigenvalue weighted by Crippen LogP contribution is 2.28. The van der Waals surface area contributed by atoms with Gasteiger partial charge in [-0.25, -0.2) is 5.10 Å². The molecule has 0 fully saturated rings. The van der Waals surface area contributed by atoms with Crippen LogP contribution in [0.25, 0.3) is 11.3 Å². The summed E-state index contributed by atoms with van der Waals surface area (Å²) in [7, 11) is 0. The Labute approximate surface area is 99.2 Å². The molecule has 0 aliphatic heterocycles. The molecule has 0 saturated carbocycles. The van der Waals surface area contributed by atoms with Crippen molar-refractivity contribution < 1.29 is 0 Å². The quantitative estimate of drug-likeness (QED) is 0.876. The maximum absolute atomic E-state index is 10.8. The molecule has 0 atom stereocenters. The van der Waals surface area contributed by atoms with E-state index in [4.69, 9.17) is 11.6 Å². The fourth-order valence-corrected chi connectivity index (χ4v) is 2.08. The van der Waals surface area contributed by atoms with Gasteiger partial charge in [-0.1, -0.05) is 33.6 Å². The highest BCUT2D eigenvalue weighted by molar-refractivity contribution is 9.10. The van der Waals surface area contributed by atoms with E-state index in [9.17, 15) is 4.79 Å². The number of rotatable bonds is 1. The first-order valence-electron chi connectivity index (χ1n) is 4.18. The van der Waals surface area contributed by atoms with E-state index in [0.29, 0.717) is 10.7 Å². The predicted molar refractivity (Wildman–Crippen MR) is 63.0 cm³/mol. The van der Waals surface area contributed by atoms with Crippen molar-refractivity contribution in [3.63, 3.8) is 0 Å². The molecule has 1 heterocycles. The zero-order valence-corrected chi connectivity index (χ0v) is 9.84. The summed E-state index contributed by atoms with van der Waals surface area (Å²) < 4.78 is 0.842. The van der Waals surface area contributed by atoms with Crippen molar-refractivity contribution >= 4 is 27.5 Å². The average Bonchev–Trinajstić information content (AvgIpc) is 2.20. The highest BCUT2D eigenvalue weighted by atomic mass is 79.9. The van der Waals surface area contributed by atoms with E-state index >= 15 is 0 Å². The fourth-order valence-electron chi connectivity index (χ4n) is 1.19. The molecule has 0 spiro atoms. The normalized spacial score (nSPS) is 10.3. The van der Waals surface area contributed by atoms with Crippen LogP contribution in [0, 0.1) is 0 Å². The first-order chi connectivity index (χ1) is 7.16. The molecule has 0 aliphatic carbocycles. The molecule has 1 aromatic heterocycles. The molecule has 0 unspecified atom stereocenters. The monoisotopic (exact) mass is 284 g/mol. The molecule has 0 aliphatic rings. The highest BCUT2D eigenvalue weighted by Gasteiger charge is 2.04. The number of aromatic amines is 1. The van der Waals surface area contributed by atoms with E-state index in [-0.39, 0.29) is 5.56 Å². The minimum Gasteiger partial charge on any atom is -0.268 e. The van der Waals surface area contributed by atoms with E-state index in [0.717, 1.165) is 10.0 Å². The fraction of sp³-hybridized carbons (Fsp3) is 0. The number of aromatic nitrogens is 2. The van der Waals surface area contributed by atoms with Gasteiger partial charge in [0.2, 0.25) is 0 Å². The second kappa shape index (κ2) is 4.16. The van der Waals surface area contributed by atoms with Crippen molar-refractivity contribution in [2.24, 2.45) is 0 Å². The Morgan fingerprint density at radius 2 is 2.07 bits per heavy atom. The molecule has 0 saturated heterocycles. The van der Waals surface area contributed by atoms with E-state index < -0.39 is 0 Å². The van der Waals surface area contributed by atoms with Gasteiger partial charge in [0.25, 0.3) is 5.56 Å². The van der Waals surface area contributed by atoms with Crippen molar-refractivity contribution in [2.45, 2.75) is 0 Å². The van der Waals surface area contributed by atoms with Crippen molar-refractivity contribution in [3.05, 3.63) is 50.2 Å². The summed E-state index contributed by atoms with van der Waals surface area (Å²) in [4.78, 5) is 10.8. The van der Waals surface area contributed by atoms with E-state index in [1.54, 1.807) is 18.2 Å². The topological polar surface area (TPSA) is 45.8 Å². The summed E-state index contributed by atoms with van der Waals surface area (Å²) in [5.41, 5.74) is 1.36. The Kier molecular flexibility index (Phi) is 2.88. The summed E-state index contributed by atoms with van der Waals surface area (Å²) in [6, 6.07) is 8.49. The lowest BCUT2D eigenvalue weighted by Gasteiger charge is -2.02. The smallest absolute Gasteiger partial charge is 0.264 e. The predicted octanol–water partition coefficient (Wildman–Crippen LogP) is 2.85. The zero-order chi connectivity index (χ0) is 10.8. The van der Waals surface area contributed by atoms with Crippen molar-refractivity contribution in [1.29, 1.82) is 0 Å². The molecule has 0 amide bonds. The number of nitrogens with zero attached hydrogens (tertiary/aromatic N) is 1. The van der Waals surface area contributed by atoms with Crippen LogP contribution in [0.2, 0.25) is 5.02 Å². The van der Waals surface area contributed by atoms with Gasteiger partial charge in [0.15, 0.2) is 0 Å². The SMILES string of the molecule is O=c1ccc(-c2ccc(Cl)cc2Br)n[nH]1. The second-order valence-electron chi connectivity index (χ2n) is 2.93. The van der Waals surface area contributed by atoms with Gasteiger partial charge >= 0.3 is 0 Å². The zero-order valence-electron chi connectivity index (χ0n) is 7.50. The first kappa shape index (κ1) is 10.4. The number of nitrogens with one attached hydrogen (secondary N) is 1. The van der Waals surface area contributed by atoms with Gasteiger partial charge in [-0.15, -0.1) is 0 Å². The third-order valence-corrected chi connectivity index (χ3v) is 2.78. The summed E-state index contributed by atoms with van der Waals surface area (Å²) in [6.07, 6.45) is 0. The molecule has 2 rings (SSSR count). The van der Waals surface area contributed by atoms with Crippen molar-refractivity contribution in [2.75, 3.05) is 0 Å². The van der Waals surface area contributed by atoms with E-state index in [1.807, 2.05) is 6.07 Å². The lowest BCUT2D eigenvalue weighted by atomic mass is 10.1. The van der Waals surface area contributed by atoms with Crippen molar-refractivity contribution in [1.82, 2.24) is 10.2 Å². The average molecular weight is 286 g/mol. The molecule has 76 valence electrons. The standard InChI is InChI=1S/C10H6BrClN2O/c11-8-5-6(12)1-2-7(8)9-3-4-10(15)14-13-9/h1-5H,(H,14,15). The molecular weight excluding hydrogens is 279 g/mol. The maximum atomic E-state index is 10.8. The van der Waals surface area contributed by atoms with Gasteiger partial charge < -0.3 is 0 Å². The van der Waals surface area contributed by atoms with Crippen LogP contribution in [0.1, 0.15) is 0 Å². The van der Waals surface area contributed by atoms with Crippen LogP contribution in [0.15, 0.2) is 39.6 Å². The minimum absolute atomic E-state index is 0.219. The van der Waals surface area contributed by atoms with Crippen LogP contribution in [-0.4, -0.2) is 10.2 Å². The largest absolute Gasteiger partial charge is 0.268 e. The molecule has 1 aromatic carbocycles. The molecule has 0 bridgehead atoms. The number of H-pyrrole nitrogens is 1. The summed E-state index contributed by atoms with van der Waals surface area (Å²) in [5, 5.41) is 6.96. The van der Waals surface area contributed by atoms with Crippen LogP contribution in [0.4, 0.5) is 0 Å². The van der Waals surface area contributed by atoms with Gasteiger partial charge in [-0.05, 0) is 18.2 Å².